The number of carbonyl (C=O) groups is 2. The molecule has 10 nitrogen and oxygen atoms in total. The van der Waals surface area contributed by atoms with Crippen LogP contribution in [0.25, 0.3) is 0 Å². The number of nitro benzene ring substituents is 2. The molecule has 0 radical (unpaired) electrons. The fourth-order valence-corrected chi connectivity index (χ4v) is 2.02. The van der Waals surface area contributed by atoms with Gasteiger partial charge in [0, 0.05) is 34.9 Å². The first-order valence-electron chi connectivity index (χ1n) is 6.90. The van der Waals surface area contributed by atoms with Gasteiger partial charge in [0.1, 0.15) is 0 Å². The summed E-state index contributed by atoms with van der Waals surface area (Å²) in [6.07, 6.45) is 0. The second kappa shape index (κ2) is 7.17. The first-order valence-corrected chi connectivity index (χ1v) is 6.90. The number of aryl methyl sites for hydroxylation is 1. The molecule has 0 aromatic heterocycles. The van der Waals surface area contributed by atoms with Crippen LogP contribution < -0.4 is 10.9 Å². The molecule has 0 saturated heterocycles. The number of rotatable bonds is 4. The van der Waals surface area contributed by atoms with Gasteiger partial charge in [0.2, 0.25) is 0 Å². The molecule has 0 aliphatic carbocycles. The summed E-state index contributed by atoms with van der Waals surface area (Å²) in [5, 5.41) is 21.4. The van der Waals surface area contributed by atoms with E-state index >= 15 is 0 Å². The molecule has 0 spiro atoms. The molecule has 0 aliphatic heterocycles. The number of nitro groups is 2. The molecule has 0 fully saturated rings. The van der Waals surface area contributed by atoms with Crippen LogP contribution in [0.2, 0.25) is 0 Å². The lowest BCUT2D eigenvalue weighted by molar-refractivity contribution is -0.385. The third kappa shape index (κ3) is 4.13. The average Bonchev–Trinajstić information content (AvgIpc) is 2.58. The second-order valence-electron chi connectivity index (χ2n) is 4.97. The van der Waals surface area contributed by atoms with Gasteiger partial charge in [-0.3, -0.25) is 40.7 Å². The second-order valence-corrected chi connectivity index (χ2v) is 4.97. The van der Waals surface area contributed by atoms with Gasteiger partial charge in [-0.1, -0.05) is 6.07 Å². The minimum absolute atomic E-state index is 0.00520. The van der Waals surface area contributed by atoms with E-state index in [0.717, 1.165) is 6.07 Å². The highest BCUT2D eigenvalue weighted by Crippen LogP contribution is 2.18. The van der Waals surface area contributed by atoms with Crippen molar-refractivity contribution in [2.75, 3.05) is 0 Å². The maximum absolute atomic E-state index is 12.0. The highest BCUT2D eigenvalue weighted by atomic mass is 16.6. The van der Waals surface area contributed by atoms with Gasteiger partial charge in [0.25, 0.3) is 23.2 Å². The fraction of sp³-hybridized carbons (Fsp3) is 0.0667. The monoisotopic (exact) mass is 344 g/mol. The Kier molecular flexibility index (Phi) is 5.03. The number of nitrogens with zero attached hydrogens (tertiary/aromatic N) is 2. The zero-order valence-corrected chi connectivity index (χ0v) is 12.9. The minimum atomic E-state index is -0.740. The Hall–Kier alpha value is -3.82. The summed E-state index contributed by atoms with van der Waals surface area (Å²) >= 11 is 0. The molecule has 2 aromatic rings. The lowest BCUT2D eigenvalue weighted by Crippen LogP contribution is -2.41. The SMILES string of the molecule is Cc1cc(C(=O)NNC(=O)c2cccc([N+](=O)[O-])c2)ccc1[N+](=O)[O-]. The van der Waals surface area contributed by atoms with Crippen molar-refractivity contribution in [2.24, 2.45) is 0 Å². The van der Waals surface area contributed by atoms with E-state index in [-0.39, 0.29) is 22.5 Å². The van der Waals surface area contributed by atoms with Crippen LogP contribution >= 0.6 is 0 Å². The molecule has 128 valence electrons. The van der Waals surface area contributed by atoms with Gasteiger partial charge in [-0.25, -0.2) is 0 Å². The summed E-state index contributed by atoms with van der Waals surface area (Å²) in [5.41, 5.74) is 4.28. The number of hydrazine groups is 1. The highest BCUT2D eigenvalue weighted by Gasteiger charge is 2.15. The number of hydrogen-bond acceptors (Lipinski definition) is 6. The minimum Gasteiger partial charge on any atom is -0.267 e. The van der Waals surface area contributed by atoms with E-state index in [4.69, 9.17) is 0 Å². The molecular weight excluding hydrogens is 332 g/mol. The molecule has 0 atom stereocenters. The lowest BCUT2D eigenvalue weighted by Gasteiger charge is -2.08. The normalized spacial score (nSPS) is 9.96. The van der Waals surface area contributed by atoms with Gasteiger partial charge in [-0.05, 0) is 25.1 Å². The molecule has 25 heavy (non-hydrogen) atoms. The Morgan fingerprint density at radius 1 is 0.880 bits per heavy atom. The van der Waals surface area contributed by atoms with E-state index in [9.17, 15) is 29.8 Å². The predicted octanol–water partition coefficient (Wildman–Crippen LogP) is 1.89. The molecule has 0 bridgehead atoms. The number of hydrogen-bond donors (Lipinski definition) is 2. The van der Waals surface area contributed by atoms with E-state index in [1.807, 2.05) is 0 Å². The van der Waals surface area contributed by atoms with Crippen molar-refractivity contribution in [1.82, 2.24) is 10.9 Å². The summed E-state index contributed by atoms with van der Waals surface area (Å²) < 4.78 is 0. The first kappa shape index (κ1) is 17.5. The van der Waals surface area contributed by atoms with Crippen LogP contribution in [-0.2, 0) is 0 Å². The Morgan fingerprint density at radius 3 is 2.00 bits per heavy atom. The number of non-ortho nitro benzene ring substituents is 1. The molecule has 2 amide bonds. The van der Waals surface area contributed by atoms with E-state index in [1.165, 1.54) is 43.3 Å². The number of benzene rings is 2. The van der Waals surface area contributed by atoms with E-state index < -0.39 is 21.7 Å². The van der Waals surface area contributed by atoms with Crippen molar-refractivity contribution in [1.29, 1.82) is 0 Å². The fourth-order valence-electron chi connectivity index (χ4n) is 2.02. The Balaban J connectivity index is 2.05. The van der Waals surface area contributed by atoms with E-state index in [0.29, 0.717) is 5.56 Å². The van der Waals surface area contributed by atoms with Crippen molar-refractivity contribution in [2.45, 2.75) is 6.92 Å². The van der Waals surface area contributed by atoms with Crippen molar-refractivity contribution in [3.63, 3.8) is 0 Å². The van der Waals surface area contributed by atoms with E-state index in [1.54, 1.807) is 0 Å². The third-order valence-corrected chi connectivity index (χ3v) is 3.26. The van der Waals surface area contributed by atoms with Crippen LogP contribution in [0.5, 0.6) is 0 Å². The summed E-state index contributed by atoms with van der Waals surface area (Å²) in [5.74, 6) is -1.42. The Labute approximate surface area is 140 Å². The molecule has 0 saturated carbocycles. The largest absolute Gasteiger partial charge is 0.272 e. The summed E-state index contributed by atoms with van der Waals surface area (Å²) in [7, 11) is 0. The van der Waals surface area contributed by atoms with Crippen molar-refractivity contribution >= 4 is 23.2 Å². The summed E-state index contributed by atoms with van der Waals surface area (Å²) in [6.45, 7) is 1.48. The number of amides is 2. The van der Waals surface area contributed by atoms with Crippen LogP contribution in [-0.4, -0.2) is 21.7 Å². The van der Waals surface area contributed by atoms with Gasteiger partial charge in [0.05, 0.1) is 9.85 Å². The van der Waals surface area contributed by atoms with Gasteiger partial charge in [-0.15, -0.1) is 0 Å². The lowest BCUT2D eigenvalue weighted by atomic mass is 10.1. The van der Waals surface area contributed by atoms with Gasteiger partial charge >= 0.3 is 0 Å². The standard InChI is InChI=1S/C15H12N4O6/c1-9-7-11(5-6-13(9)19(24)25)15(21)17-16-14(20)10-3-2-4-12(8-10)18(22)23/h2-8H,1H3,(H,16,20)(H,17,21). The summed E-state index contributed by atoms with van der Waals surface area (Å²) in [4.78, 5) is 44.1. The zero-order chi connectivity index (χ0) is 18.6. The van der Waals surface area contributed by atoms with Crippen molar-refractivity contribution < 1.29 is 19.4 Å². The van der Waals surface area contributed by atoms with Gasteiger partial charge < -0.3 is 0 Å². The van der Waals surface area contributed by atoms with Crippen LogP contribution in [0.1, 0.15) is 26.3 Å². The van der Waals surface area contributed by atoms with Crippen LogP contribution in [0.15, 0.2) is 42.5 Å². The third-order valence-electron chi connectivity index (χ3n) is 3.26. The average molecular weight is 344 g/mol. The Bertz CT molecular complexity index is 880. The topological polar surface area (TPSA) is 144 Å². The number of nitrogens with one attached hydrogen (secondary N) is 2. The quantitative estimate of drug-likeness (QED) is 0.640. The van der Waals surface area contributed by atoms with Crippen LogP contribution in [0.4, 0.5) is 11.4 Å². The molecule has 0 heterocycles. The maximum atomic E-state index is 12.0. The first-order chi connectivity index (χ1) is 11.8. The van der Waals surface area contributed by atoms with Gasteiger partial charge in [0.15, 0.2) is 0 Å². The molecule has 0 unspecified atom stereocenters. The maximum Gasteiger partial charge on any atom is 0.272 e. The molecule has 2 N–H and O–H groups in total. The highest BCUT2D eigenvalue weighted by molar-refractivity contribution is 5.99. The number of carbonyl (C=O) groups excluding carboxylic acids is 2. The predicted molar refractivity (Wildman–Crippen MR) is 85.9 cm³/mol. The molecule has 0 aliphatic rings. The van der Waals surface area contributed by atoms with Crippen LogP contribution in [0.3, 0.4) is 0 Å². The molecule has 2 aromatic carbocycles. The van der Waals surface area contributed by atoms with Crippen molar-refractivity contribution in [3.05, 3.63) is 79.4 Å². The van der Waals surface area contributed by atoms with Crippen molar-refractivity contribution in [3.8, 4) is 0 Å². The van der Waals surface area contributed by atoms with Gasteiger partial charge in [-0.2, -0.15) is 0 Å². The molecule has 10 heteroatoms. The molecule has 2 rings (SSSR count). The Morgan fingerprint density at radius 2 is 1.48 bits per heavy atom. The summed E-state index contributed by atoms with van der Waals surface area (Å²) in [6, 6.07) is 8.74. The zero-order valence-electron chi connectivity index (χ0n) is 12.9. The molecular formula is C15H12N4O6. The van der Waals surface area contributed by atoms with E-state index in [2.05, 4.69) is 10.9 Å². The van der Waals surface area contributed by atoms with Crippen LogP contribution in [0, 0.1) is 27.2 Å². The smallest absolute Gasteiger partial charge is 0.267 e.